The van der Waals surface area contributed by atoms with Crippen molar-refractivity contribution in [2.45, 2.75) is 26.1 Å². The van der Waals surface area contributed by atoms with Crippen molar-refractivity contribution in [1.82, 2.24) is 0 Å². The van der Waals surface area contributed by atoms with Crippen LogP contribution in [0.2, 0.25) is 0 Å². The average Bonchev–Trinajstić information content (AvgIpc) is 1.83. The molecule has 0 saturated heterocycles. The second kappa shape index (κ2) is 9.80. The monoisotopic (exact) mass is 170 g/mol. The normalized spacial score (nSPS) is 14.2. The Morgan fingerprint density at radius 3 is 2.00 bits per heavy atom. The van der Waals surface area contributed by atoms with Gasteiger partial charge in [-0.1, -0.05) is 0 Å². The highest BCUT2D eigenvalue weighted by Gasteiger charge is 2.00. The lowest BCUT2D eigenvalue weighted by atomic mass is 10.4. The molecular formula is C6H18O5. The predicted octanol–water partition coefficient (Wildman–Crippen LogP) is -1.88. The minimum atomic E-state index is -0.445. The number of hydrogen-bond acceptors (Lipinski definition) is 3. The summed E-state index contributed by atoms with van der Waals surface area (Å²) in [5.74, 6) is 0. The molecule has 2 unspecified atom stereocenters. The largest absolute Gasteiger partial charge is 0.412 e. The lowest BCUT2D eigenvalue weighted by Crippen LogP contribution is -2.19. The maximum atomic E-state index is 8.69. The fourth-order valence-electron chi connectivity index (χ4n) is 0.356. The van der Waals surface area contributed by atoms with Crippen molar-refractivity contribution in [3.05, 3.63) is 0 Å². The Balaban J connectivity index is -0.000000320. The fraction of sp³-hybridized carbons (Fsp3) is 1.00. The van der Waals surface area contributed by atoms with E-state index in [1.54, 1.807) is 13.8 Å². The summed E-state index contributed by atoms with van der Waals surface area (Å²) >= 11 is 0. The van der Waals surface area contributed by atoms with E-state index in [1.165, 1.54) is 0 Å². The van der Waals surface area contributed by atoms with Gasteiger partial charge in [-0.3, -0.25) is 0 Å². The first-order chi connectivity index (χ1) is 4.16. The van der Waals surface area contributed by atoms with Gasteiger partial charge < -0.3 is 25.9 Å². The molecule has 0 aromatic carbocycles. The molecule has 72 valence electrons. The van der Waals surface area contributed by atoms with Crippen LogP contribution in [0.25, 0.3) is 0 Å². The lowest BCUT2D eigenvalue weighted by molar-refractivity contribution is -0.0177. The van der Waals surface area contributed by atoms with Crippen LogP contribution < -0.4 is 0 Å². The van der Waals surface area contributed by atoms with Crippen LogP contribution in [0.1, 0.15) is 13.8 Å². The molecule has 0 aromatic heterocycles. The summed E-state index contributed by atoms with van der Waals surface area (Å²) in [6.07, 6.45) is -0.612. The third-order valence-corrected chi connectivity index (χ3v) is 0.879. The Labute approximate surface area is 66.2 Å². The van der Waals surface area contributed by atoms with Crippen LogP contribution in [-0.4, -0.2) is 46.6 Å². The van der Waals surface area contributed by atoms with Crippen molar-refractivity contribution in [3.8, 4) is 0 Å². The molecule has 6 N–H and O–H groups in total. The molecule has 0 amide bonds. The Morgan fingerprint density at radius 2 is 1.73 bits per heavy atom. The summed E-state index contributed by atoms with van der Waals surface area (Å²) in [4.78, 5) is 0. The molecule has 0 spiro atoms. The molecule has 0 aliphatic heterocycles. The number of rotatable bonds is 4. The van der Waals surface area contributed by atoms with Gasteiger partial charge in [0, 0.05) is 0 Å². The number of aliphatic hydroxyl groups excluding tert-OH is 2. The second-order valence-electron chi connectivity index (χ2n) is 2.18. The van der Waals surface area contributed by atoms with Gasteiger partial charge in [0.1, 0.15) is 0 Å². The predicted molar refractivity (Wildman–Crippen MR) is 41.4 cm³/mol. The minimum Gasteiger partial charge on any atom is -0.412 e. The van der Waals surface area contributed by atoms with Gasteiger partial charge in [-0.15, -0.1) is 0 Å². The van der Waals surface area contributed by atoms with E-state index in [0.29, 0.717) is 6.61 Å². The molecule has 5 nitrogen and oxygen atoms in total. The lowest BCUT2D eigenvalue weighted by Gasteiger charge is -2.10. The van der Waals surface area contributed by atoms with E-state index < -0.39 is 6.10 Å². The van der Waals surface area contributed by atoms with Crippen molar-refractivity contribution in [1.29, 1.82) is 0 Å². The van der Waals surface area contributed by atoms with E-state index in [-0.39, 0.29) is 23.7 Å². The van der Waals surface area contributed by atoms with Crippen molar-refractivity contribution < 1.29 is 25.9 Å². The first kappa shape index (κ1) is 17.0. The van der Waals surface area contributed by atoms with Crippen molar-refractivity contribution >= 4 is 0 Å². The standard InChI is InChI=1S/C6H14O3.2H2O/c1-5(8)4-9-6(2)3-7;;/h5-8H,3-4H2,1-2H3;2*1H2. The fourth-order valence-corrected chi connectivity index (χ4v) is 0.356. The zero-order valence-corrected chi connectivity index (χ0v) is 6.87. The molecule has 5 heteroatoms. The van der Waals surface area contributed by atoms with Gasteiger partial charge in [-0.2, -0.15) is 0 Å². The van der Waals surface area contributed by atoms with Crippen LogP contribution in [-0.2, 0) is 4.74 Å². The molecule has 0 rings (SSSR count). The van der Waals surface area contributed by atoms with Crippen LogP contribution in [0, 0.1) is 0 Å². The topological polar surface area (TPSA) is 113 Å². The molecule has 0 aliphatic rings. The quantitative estimate of drug-likeness (QED) is 0.514. The first-order valence-electron chi connectivity index (χ1n) is 3.07. The summed E-state index contributed by atoms with van der Waals surface area (Å²) in [6.45, 7) is 3.70. The third-order valence-electron chi connectivity index (χ3n) is 0.879. The van der Waals surface area contributed by atoms with Gasteiger partial charge >= 0.3 is 0 Å². The Kier molecular flexibility index (Phi) is 15.2. The maximum absolute atomic E-state index is 8.69. The van der Waals surface area contributed by atoms with Crippen LogP contribution in [0.3, 0.4) is 0 Å². The molecule has 0 fully saturated rings. The molecule has 2 atom stereocenters. The highest BCUT2D eigenvalue weighted by molar-refractivity contribution is 4.47. The van der Waals surface area contributed by atoms with E-state index in [2.05, 4.69) is 0 Å². The highest BCUT2D eigenvalue weighted by atomic mass is 16.5. The van der Waals surface area contributed by atoms with E-state index in [9.17, 15) is 0 Å². The van der Waals surface area contributed by atoms with Crippen LogP contribution in [0.5, 0.6) is 0 Å². The zero-order valence-electron chi connectivity index (χ0n) is 6.87. The second-order valence-corrected chi connectivity index (χ2v) is 2.18. The molecule has 0 aliphatic carbocycles. The molecule has 0 saturated carbocycles. The maximum Gasteiger partial charge on any atom is 0.0779 e. The van der Waals surface area contributed by atoms with Crippen molar-refractivity contribution in [2.75, 3.05) is 13.2 Å². The first-order valence-corrected chi connectivity index (χ1v) is 3.07. The van der Waals surface area contributed by atoms with E-state index in [4.69, 9.17) is 14.9 Å². The summed E-state index contributed by atoms with van der Waals surface area (Å²) in [5, 5.41) is 17.1. The van der Waals surface area contributed by atoms with E-state index in [0.717, 1.165) is 0 Å². The number of aliphatic hydroxyl groups is 2. The summed E-state index contributed by atoms with van der Waals surface area (Å²) in [7, 11) is 0. The van der Waals surface area contributed by atoms with E-state index >= 15 is 0 Å². The van der Waals surface area contributed by atoms with E-state index in [1.807, 2.05) is 0 Å². The molecule has 11 heavy (non-hydrogen) atoms. The SMILES string of the molecule is CC(O)COC(C)CO.O.O. The van der Waals surface area contributed by atoms with Gasteiger partial charge in [-0.05, 0) is 13.8 Å². The van der Waals surface area contributed by atoms with Crippen LogP contribution in [0.15, 0.2) is 0 Å². The van der Waals surface area contributed by atoms with Crippen molar-refractivity contribution in [3.63, 3.8) is 0 Å². The van der Waals surface area contributed by atoms with Gasteiger partial charge in [0.2, 0.25) is 0 Å². The molecular weight excluding hydrogens is 152 g/mol. The van der Waals surface area contributed by atoms with Gasteiger partial charge in [0.15, 0.2) is 0 Å². The Hall–Kier alpha value is -0.200. The minimum absolute atomic E-state index is 0. The Bertz CT molecular complexity index is 66.0. The van der Waals surface area contributed by atoms with Gasteiger partial charge in [0.05, 0.1) is 25.4 Å². The number of ether oxygens (including phenoxy) is 1. The van der Waals surface area contributed by atoms with Crippen LogP contribution in [0.4, 0.5) is 0 Å². The smallest absolute Gasteiger partial charge is 0.0779 e. The van der Waals surface area contributed by atoms with Crippen molar-refractivity contribution in [2.24, 2.45) is 0 Å². The summed E-state index contributed by atoms with van der Waals surface area (Å²) in [5.41, 5.74) is 0. The molecule has 0 bridgehead atoms. The third kappa shape index (κ3) is 12.9. The molecule has 0 radical (unpaired) electrons. The molecule has 0 heterocycles. The summed E-state index contributed by atoms with van der Waals surface area (Å²) < 4.78 is 4.95. The van der Waals surface area contributed by atoms with Gasteiger partial charge in [0.25, 0.3) is 0 Å². The van der Waals surface area contributed by atoms with Gasteiger partial charge in [-0.25, -0.2) is 0 Å². The average molecular weight is 170 g/mol. The molecule has 0 aromatic rings. The number of hydrogen-bond donors (Lipinski definition) is 2. The zero-order chi connectivity index (χ0) is 7.28. The van der Waals surface area contributed by atoms with Crippen LogP contribution >= 0.6 is 0 Å². The Morgan fingerprint density at radius 1 is 1.27 bits per heavy atom. The summed E-state index contributed by atoms with van der Waals surface area (Å²) in [6, 6.07) is 0. The highest BCUT2D eigenvalue weighted by Crippen LogP contribution is 1.90.